The first-order valence-corrected chi connectivity index (χ1v) is 7.54. The van der Waals surface area contributed by atoms with Crippen molar-refractivity contribution in [3.05, 3.63) is 34.9 Å². The summed E-state index contributed by atoms with van der Waals surface area (Å²) in [6, 6.07) is 6.29. The highest BCUT2D eigenvalue weighted by Crippen LogP contribution is 2.25. The van der Waals surface area contributed by atoms with Crippen LogP contribution in [-0.2, 0) is 16.0 Å². The number of carboxylic acid groups (broad SMARTS) is 1. The zero-order chi connectivity index (χ0) is 15.4. The minimum atomic E-state index is -0.748. The molecule has 21 heavy (non-hydrogen) atoms. The third-order valence-electron chi connectivity index (χ3n) is 4.27. The van der Waals surface area contributed by atoms with Crippen LogP contribution in [0, 0.1) is 19.8 Å². The van der Waals surface area contributed by atoms with Gasteiger partial charge in [-0.15, -0.1) is 0 Å². The Balaban J connectivity index is 1.79. The van der Waals surface area contributed by atoms with Crippen LogP contribution in [0.25, 0.3) is 0 Å². The largest absolute Gasteiger partial charge is 0.481 e. The molecule has 0 spiro atoms. The number of carbonyl (C=O) groups is 2. The molecule has 0 unspecified atom stereocenters. The Bertz CT molecular complexity index is 539. The lowest BCUT2D eigenvalue weighted by Crippen LogP contribution is -2.33. The first-order valence-electron chi connectivity index (χ1n) is 7.54. The first kappa shape index (κ1) is 15.5. The Hall–Kier alpha value is -1.84. The number of nitrogens with one attached hydrogen (secondary N) is 1. The SMILES string of the molecule is Cc1ccc(CCC(=O)N[C@H]2CC[C@@H](C(=O)O)C2)c(C)c1. The Kier molecular flexibility index (Phi) is 4.99. The number of benzene rings is 1. The number of amides is 1. The molecule has 0 aliphatic heterocycles. The summed E-state index contributed by atoms with van der Waals surface area (Å²) in [7, 11) is 0. The fraction of sp³-hybridized carbons (Fsp3) is 0.529. The number of aryl methyl sites for hydroxylation is 3. The maximum Gasteiger partial charge on any atom is 0.306 e. The van der Waals surface area contributed by atoms with Gasteiger partial charge in [0.15, 0.2) is 0 Å². The molecule has 1 aromatic rings. The third kappa shape index (κ3) is 4.31. The molecule has 1 saturated carbocycles. The number of carboxylic acids is 1. The lowest BCUT2D eigenvalue weighted by Gasteiger charge is -2.13. The molecular formula is C17H23NO3. The van der Waals surface area contributed by atoms with E-state index < -0.39 is 5.97 Å². The number of hydrogen-bond acceptors (Lipinski definition) is 2. The van der Waals surface area contributed by atoms with Crippen LogP contribution in [-0.4, -0.2) is 23.0 Å². The Labute approximate surface area is 125 Å². The zero-order valence-corrected chi connectivity index (χ0v) is 12.7. The minimum Gasteiger partial charge on any atom is -0.481 e. The van der Waals surface area contributed by atoms with Crippen molar-refractivity contribution in [3.63, 3.8) is 0 Å². The highest BCUT2D eigenvalue weighted by molar-refractivity contribution is 5.77. The van der Waals surface area contributed by atoms with E-state index in [4.69, 9.17) is 5.11 Å². The van der Waals surface area contributed by atoms with Crippen LogP contribution in [0.4, 0.5) is 0 Å². The smallest absolute Gasteiger partial charge is 0.306 e. The molecule has 1 amide bonds. The molecule has 2 rings (SSSR count). The van der Waals surface area contributed by atoms with Crippen LogP contribution in [0.3, 0.4) is 0 Å². The van der Waals surface area contributed by atoms with Gasteiger partial charge in [0.1, 0.15) is 0 Å². The van der Waals surface area contributed by atoms with Crippen LogP contribution >= 0.6 is 0 Å². The van der Waals surface area contributed by atoms with E-state index in [2.05, 4.69) is 37.4 Å². The molecule has 2 atom stereocenters. The molecule has 1 aliphatic rings. The highest BCUT2D eigenvalue weighted by atomic mass is 16.4. The number of hydrogen-bond donors (Lipinski definition) is 2. The van der Waals surface area contributed by atoms with Crippen LogP contribution in [0.5, 0.6) is 0 Å². The summed E-state index contributed by atoms with van der Waals surface area (Å²) in [5.41, 5.74) is 3.64. The normalized spacial score (nSPS) is 21.2. The molecule has 0 bridgehead atoms. The average molecular weight is 289 g/mol. The van der Waals surface area contributed by atoms with Gasteiger partial charge in [0, 0.05) is 12.5 Å². The lowest BCUT2D eigenvalue weighted by molar-refractivity contribution is -0.141. The zero-order valence-electron chi connectivity index (χ0n) is 12.7. The van der Waals surface area contributed by atoms with E-state index in [1.54, 1.807) is 0 Å². The van der Waals surface area contributed by atoms with E-state index in [1.807, 2.05) is 0 Å². The van der Waals surface area contributed by atoms with Crippen molar-refractivity contribution in [3.8, 4) is 0 Å². The molecule has 0 heterocycles. The quantitative estimate of drug-likeness (QED) is 0.875. The third-order valence-corrected chi connectivity index (χ3v) is 4.27. The summed E-state index contributed by atoms with van der Waals surface area (Å²) in [4.78, 5) is 22.9. The van der Waals surface area contributed by atoms with Gasteiger partial charge < -0.3 is 10.4 Å². The fourth-order valence-electron chi connectivity index (χ4n) is 3.01. The molecule has 0 saturated heterocycles. The van der Waals surface area contributed by atoms with Crippen molar-refractivity contribution in [2.75, 3.05) is 0 Å². The second-order valence-corrected chi connectivity index (χ2v) is 6.04. The predicted molar refractivity (Wildman–Crippen MR) is 81.1 cm³/mol. The van der Waals surface area contributed by atoms with Gasteiger partial charge in [0.25, 0.3) is 0 Å². The van der Waals surface area contributed by atoms with Crippen molar-refractivity contribution in [2.24, 2.45) is 5.92 Å². The molecule has 0 aromatic heterocycles. The molecule has 1 aromatic carbocycles. The van der Waals surface area contributed by atoms with Crippen LogP contribution in [0.15, 0.2) is 18.2 Å². The van der Waals surface area contributed by atoms with Gasteiger partial charge in [0.05, 0.1) is 5.92 Å². The first-order chi connectivity index (χ1) is 9.95. The van der Waals surface area contributed by atoms with Crippen LogP contribution in [0.2, 0.25) is 0 Å². The average Bonchev–Trinajstić information content (AvgIpc) is 2.86. The number of carbonyl (C=O) groups excluding carboxylic acids is 1. The highest BCUT2D eigenvalue weighted by Gasteiger charge is 2.30. The molecule has 1 aliphatic carbocycles. The summed E-state index contributed by atoms with van der Waals surface area (Å²) >= 11 is 0. The molecule has 4 nitrogen and oxygen atoms in total. The Morgan fingerprint density at radius 1 is 1.29 bits per heavy atom. The molecule has 0 radical (unpaired) electrons. The number of aliphatic carboxylic acids is 1. The van der Waals surface area contributed by atoms with Crippen molar-refractivity contribution >= 4 is 11.9 Å². The summed E-state index contributed by atoms with van der Waals surface area (Å²) in [5, 5.41) is 11.9. The van der Waals surface area contributed by atoms with E-state index >= 15 is 0 Å². The van der Waals surface area contributed by atoms with E-state index in [9.17, 15) is 9.59 Å². The monoisotopic (exact) mass is 289 g/mol. The van der Waals surface area contributed by atoms with Crippen molar-refractivity contribution in [1.29, 1.82) is 0 Å². The Morgan fingerprint density at radius 3 is 2.67 bits per heavy atom. The van der Waals surface area contributed by atoms with Gasteiger partial charge in [-0.1, -0.05) is 23.8 Å². The van der Waals surface area contributed by atoms with Crippen molar-refractivity contribution in [2.45, 2.75) is 52.0 Å². The molecule has 114 valence electrons. The van der Waals surface area contributed by atoms with Crippen LogP contribution < -0.4 is 5.32 Å². The van der Waals surface area contributed by atoms with E-state index in [0.717, 1.165) is 12.8 Å². The predicted octanol–water partition coefficient (Wildman–Crippen LogP) is 2.61. The summed E-state index contributed by atoms with van der Waals surface area (Å²) < 4.78 is 0. The van der Waals surface area contributed by atoms with E-state index in [1.165, 1.54) is 16.7 Å². The van der Waals surface area contributed by atoms with Gasteiger partial charge in [-0.3, -0.25) is 9.59 Å². The van der Waals surface area contributed by atoms with Crippen molar-refractivity contribution in [1.82, 2.24) is 5.32 Å². The van der Waals surface area contributed by atoms with Gasteiger partial charge >= 0.3 is 5.97 Å². The summed E-state index contributed by atoms with van der Waals surface area (Å²) in [6.45, 7) is 4.12. The van der Waals surface area contributed by atoms with E-state index in [-0.39, 0.29) is 17.9 Å². The second-order valence-electron chi connectivity index (χ2n) is 6.04. The molecule has 1 fully saturated rings. The van der Waals surface area contributed by atoms with E-state index in [0.29, 0.717) is 19.3 Å². The lowest BCUT2D eigenvalue weighted by atomic mass is 10.0. The molecule has 4 heteroatoms. The number of rotatable bonds is 5. The van der Waals surface area contributed by atoms with Gasteiger partial charge in [-0.2, -0.15) is 0 Å². The maximum atomic E-state index is 12.0. The molecular weight excluding hydrogens is 266 g/mol. The topological polar surface area (TPSA) is 66.4 Å². The second kappa shape index (κ2) is 6.74. The van der Waals surface area contributed by atoms with Gasteiger partial charge in [0.2, 0.25) is 5.91 Å². The van der Waals surface area contributed by atoms with Crippen LogP contribution in [0.1, 0.15) is 42.4 Å². The van der Waals surface area contributed by atoms with Gasteiger partial charge in [-0.25, -0.2) is 0 Å². The minimum absolute atomic E-state index is 0.0195. The summed E-state index contributed by atoms with van der Waals surface area (Å²) in [5.74, 6) is -1.03. The fourth-order valence-corrected chi connectivity index (χ4v) is 3.01. The summed E-state index contributed by atoms with van der Waals surface area (Å²) in [6.07, 6.45) is 3.18. The standard InChI is InChI=1S/C17H23NO3/c1-11-3-4-13(12(2)9-11)6-8-16(19)18-15-7-5-14(10-15)17(20)21/h3-4,9,14-15H,5-8,10H2,1-2H3,(H,18,19)(H,20,21)/t14-,15+/m1/s1. The maximum absolute atomic E-state index is 12.0. The Morgan fingerprint density at radius 2 is 2.05 bits per heavy atom. The van der Waals surface area contributed by atoms with Crippen molar-refractivity contribution < 1.29 is 14.7 Å². The molecule has 2 N–H and O–H groups in total. The van der Waals surface area contributed by atoms with Gasteiger partial charge in [-0.05, 0) is 50.7 Å².